The molecule has 1 amide bonds. The van der Waals surface area contributed by atoms with E-state index in [4.69, 9.17) is 27.0 Å². The zero-order valence-corrected chi connectivity index (χ0v) is 18.1. The number of hydrogen-bond acceptors (Lipinski definition) is 5. The molecule has 1 saturated heterocycles. The first-order chi connectivity index (χ1) is 15.6. The summed E-state index contributed by atoms with van der Waals surface area (Å²) in [7, 11) is 1.59. The average molecular weight is 442 g/mol. The second kappa shape index (κ2) is 9.33. The van der Waals surface area contributed by atoms with E-state index in [-0.39, 0.29) is 12.5 Å². The van der Waals surface area contributed by atoms with Gasteiger partial charge in [0.15, 0.2) is 5.11 Å². The Balaban J connectivity index is 1.55. The average Bonchev–Trinajstić information content (AvgIpc) is 3.11. The molecule has 0 unspecified atom stereocenters. The molecule has 0 saturated carbocycles. The minimum atomic E-state index is -0.215. The Morgan fingerprint density at radius 2 is 1.84 bits per heavy atom. The van der Waals surface area contributed by atoms with Crippen LogP contribution in [0.1, 0.15) is 16.7 Å². The van der Waals surface area contributed by atoms with E-state index in [2.05, 4.69) is 11.4 Å². The van der Waals surface area contributed by atoms with Crippen molar-refractivity contribution in [2.75, 3.05) is 12.0 Å². The summed E-state index contributed by atoms with van der Waals surface area (Å²) in [6.45, 7) is 0.266. The maximum atomic E-state index is 12.9. The van der Waals surface area contributed by atoms with Crippen LogP contribution in [0.3, 0.4) is 0 Å². The van der Waals surface area contributed by atoms with Gasteiger partial charge < -0.3 is 14.8 Å². The topological polar surface area (TPSA) is 74.6 Å². The van der Waals surface area contributed by atoms with Crippen molar-refractivity contribution in [3.8, 4) is 17.6 Å². The number of benzene rings is 3. The van der Waals surface area contributed by atoms with E-state index in [1.807, 2.05) is 48.5 Å². The fourth-order valence-electron chi connectivity index (χ4n) is 3.30. The lowest BCUT2D eigenvalue weighted by molar-refractivity contribution is -0.113. The maximum absolute atomic E-state index is 12.9. The van der Waals surface area contributed by atoms with Crippen LogP contribution >= 0.6 is 12.2 Å². The van der Waals surface area contributed by atoms with Gasteiger partial charge in [-0.05, 0) is 72.4 Å². The number of nitriles is 1. The molecule has 0 aromatic heterocycles. The fraction of sp³-hybridized carbons (Fsp3) is 0.0800. The van der Waals surface area contributed by atoms with Gasteiger partial charge in [0.05, 0.1) is 24.4 Å². The summed E-state index contributed by atoms with van der Waals surface area (Å²) < 4.78 is 11.3. The van der Waals surface area contributed by atoms with Crippen molar-refractivity contribution in [2.45, 2.75) is 6.61 Å². The molecule has 158 valence electrons. The van der Waals surface area contributed by atoms with Gasteiger partial charge in [-0.3, -0.25) is 9.69 Å². The molecule has 1 aliphatic rings. The lowest BCUT2D eigenvalue weighted by Crippen LogP contribution is -2.30. The molecule has 1 heterocycles. The number of amides is 1. The van der Waals surface area contributed by atoms with E-state index in [0.717, 1.165) is 11.1 Å². The number of anilines is 1. The first-order valence-corrected chi connectivity index (χ1v) is 10.2. The highest BCUT2D eigenvalue weighted by Gasteiger charge is 2.31. The molecule has 3 aromatic carbocycles. The molecule has 0 atom stereocenters. The number of nitrogens with one attached hydrogen (secondary N) is 1. The zero-order chi connectivity index (χ0) is 22.5. The van der Waals surface area contributed by atoms with Crippen LogP contribution in [0.25, 0.3) is 6.08 Å². The largest absolute Gasteiger partial charge is 0.496 e. The number of thiocarbonyl (C=S) groups is 1. The predicted octanol–water partition coefficient (Wildman–Crippen LogP) is 4.41. The van der Waals surface area contributed by atoms with E-state index in [9.17, 15) is 4.79 Å². The van der Waals surface area contributed by atoms with Crippen molar-refractivity contribution in [3.05, 3.63) is 95.2 Å². The van der Waals surface area contributed by atoms with Crippen LogP contribution in [-0.4, -0.2) is 18.1 Å². The van der Waals surface area contributed by atoms with Crippen LogP contribution in [0.5, 0.6) is 11.5 Å². The SMILES string of the molecule is COc1ccc(/C=C2/NC(=S)N(c3ccccc3)C2=O)cc1COc1ccc(C#N)cc1. The Labute approximate surface area is 191 Å². The second-order valence-corrected chi connectivity index (χ2v) is 7.35. The quantitative estimate of drug-likeness (QED) is 0.451. The predicted molar refractivity (Wildman–Crippen MR) is 126 cm³/mol. The summed E-state index contributed by atoms with van der Waals surface area (Å²) in [4.78, 5) is 14.4. The number of carbonyl (C=O) groups excluding carboxylic acids is 1. The Kier molecular flexibility index (Phi) is 6.15. The van der Waals surface area contributed by atoms with Gasteiger partial charge in [-0.2, -0.15) is 5.26 Å². The molecule has 0 bridgehead atoms. The Morgan fingerprint density at radius 3 is 2.53 bits per heavy atom. The molecule has 1 aliphatic heterocycles. The Hall–Kier alpha value is -4.15. The van der Waals surface area contributed by atoms with Crippen molar-refractivity contribution in [3.63, 3.8) is 0 Å². The molecule has 4 rings (SSSR count). The number of carbonyl (C=O) groups is 1. The fourth-order valence-corrected chi connectivity index (χ4v) is 3.60. The van der Waals surface area contributed by atoms with Gasteiger partial charge in [0.1, 0.15) is 23.8 Å². The van der Waals surface area contributed by atoms with Gasteiger partial charge in [0, 0.05) is 5.56 Å². The van der Waals surface area contributed by atoms with Crippen molar-refractivity contribution in [1.82, 2.24) is 5.32 Å². The first kappa shape index (κ1) is 21.1. The van der Waals surface area contributed by atoms with Crippen LogP contribution in [0, 0.1) is 11.3 Å². The smallest absolute Gasteiger partial charge is 0.281 e. The van der Waals surface area contributed by atoms with E-state index < -0.39 is 0 Å². The van der Waals surface area contributed by atoms with Crippen molar-refractivity contribution in [1.29, 1.82) is 5.26 Å². The molecule has 32 heavy (non-hydrogen) atoms. The van der Waals surface area contributed by atoms with Gasteiger partial charge in [0.2, 0.25) is 0 Å². The van der Waals surface area contributed by atoms with Crippen LogP contribution in [0.15, 0.2) is 78.5 Å². The van der Waals surface area contributed by atoms with E-state index in [0.29, 0.717) is 33.6 Å². The third kappa shape index (κ3) is 4.46. The number of nitrogens with zero attached hydrogens (tertiary/aromatic N) is 2. The maximum Gasteiger partial charge on any atom is 0.281 e. The molecular weight excluding hydrogens is 422 g/mol. The summed E-state index contributed by atoms with van der Waals surface area (Å²) in [5.41, 5.74) is 3.30. The van der Waals surface area contributed by atoms with Gasteiger partial charge in [-0.15, -0.1) is 0 Å². The highest BCUT2D eigenvalue weighted by Crippen LogP contribution is 2.26. The molecule has 1 fully saturated rings. The number of para-hydroxylation sites is 1. The van der Waals surface area contributed by atoms with Crippen molar-refractivity contribution in [2.24, 2.45) is 0 Å². The zero-order valence-electron chi connectivity index (χ0n) is 17.2. The first-order valence-electron chi connectivity index (χ1n) is 9.81. The third-order valence-electron chi connectivity index (χ3n) is 4.89. The van der Waals surface area contributed by atoms with Crippen molar-refractivity contribution < 1.29 is 14.3 Å². The summed E-state index contributed by atoms with van der Waals surface area (Å²) in [6, 6.07) is 23.8. The minimum absolute atomic E-state index is 0.215. The number of ether oxygens (including phenoxy) is 2. The third-order valence-corrected chi connectivity index (χ3v) is 5.17. The molecule has 7 heteroatoms. The lowest BCUT2D eigenvalue weighted by Gasteiger charge is -2.13. The van der Waals surface area contributed by atoms with Gasteiger partial charge in [-0.25, -0.2) is 0 Å². The van der Waals surface area contributed by atoms with Gasteiger partial charge in [-0.1, -0.05) is 24.3 Å². The summed E-state index contributed by atoms with van der Waals surface area (Å²) in [5, 5.41) is 12.3. The van der Waals surface area contributed by atoms with Crippen LogP contribution in [0.2, 0.25) is 0 Å². The summed E-state index contributed by atoms with van der Waals surface area (Å²) in [5.74, 6) is 1.10. The molecule has 0 radical (unpaired) electrons. The minimum Gasteiger partial charge on any atom is -0.496 e. The summed E-state index contributed by atoms with van der Waals surface area (Å²) >= 11 is 5.36. The molecule has 6 nitrogen and oxygen atoms in total. The molecule has 0 aliphatic carbocycles. The standard InChI is InChI=1S/C25H19N3O3S/c1-30-23-12-9-18(13-19(23)16-31-21-10-7-17(15-26)8-11-21)14-22-24(29)28(25(32)27-22)20-5-3-2-4-6-20/h2-14H,16H2,1H3,(H,27,32)/b22-14+. The lowest BCUT2D eigenvalue weighted by atomic mass is 10.1. The van der Waals surface area contributed by atoms with E-state index in [1.165, 1.54) is 4.90 Å². The van der Waals surface area contributed by atoms with Crippen LogP contribution in [-0.2, 0) is 11.4 Å². The monoisotopic (exact) mass is 441 g/mol. The van der Waals surface area contributed by atoms with Crippen LogP contribution in [0.4, 0.5) is 5.69 Å². The Bertz CT molecular complexity index is 1230. The molecular formula is C25H19N3O3S. The van der Waals surface area contributed by atoms with Gasteiger partial charge >= 0.3 is 0 Å². The summed E-state index contributed by atoms with van der Waals surface area (Å²) in [6.07, 6.45) is 1.75. The van der Waals surface area contributed by atoms with Gasteiger partial charge in [0.25, 0.3) is 5.91 Å². The molecule has 0 spiro atoms. The van der Waals surface area contributed by atoms with E-state index >= 15 is 0 Å². The number of methoxy groups -OCH3 is 1. The highest BCUT2D eigenvalue weighted by atomic mass is 32.1. The number of rotatable bonds is 6. The van der Waals surface area contributed by atoms with E-state index in [1.54, 1.807) is 37.5 Å². The second-order valence-electron chi connectivity index (χ2n) is 6.96. The molecule has 1 N–H and O–H groups in total. The highest BCUT2D eigenvalue weighted by molar-refractivity contribution is 7.80. The Morgan fingerprint density at radius 1 is 1.09 bits per heavy atom. The van der Waals surface area contributed by atoms with Crippen LogP contribution < -0.4 is 19.7 Å². The molecule has 3 aromatic rings. The number of hydrogen-bond donors (Lipinski definition) is 1. The normalized spacial score (nSPS) is 14.2. The van der Waals surface area contributed by atoms with Crippen molar-refractivity contribution >= 4 is 35.0 Å².